The zero-order chi connectivity index (χ0) is 39.1. The van der Waals surface area contributed by atoms with E-state index in [1.165, 1.54) is 18.7 Å². The van der Waals surface area contributed by atoms with Gasteiger partial charge in [-0.2, -0.15) is 0 Å². The van der Waals surface area contributed by atoms with Gasteiger partial charge in [0.2, 0.25) is 47.3 Å². The van der Waals surface area contributed by atoms with Crippen LogP contribution in [0.4, 0.5) is 0 Å². The van der Waals surface area contributed by atoms with E-state index in [1.54, 1.807) is 13.8 Å². The van der Waals surface area contributed by atoms with Crippen LogP contribution in [0.15, 0.2) is 0 Å². The number of carbonyl (C=O) groups excluding carboxylic acids is 8. The SMILES string of the molecule is CC(NC(=O)C(CCC(N)=O)NC(=O)C1CCCN1C(=O)C(CCCCN)NC(=O)C(NC(=O)C(NC(=O)C1CCCN1)C(C)C)C(C)O)C(N)=O. The summed E-state index contributed by atoms with van der Waals surface area (Å²) in [4.78, 5) is 104. The van der Waals surface area contributed by atoms with Gasteiger partial charge in [-0.1, -0.05) is 13.8 Å². The molecule has 13 N–H and O–H groups in total. The first kappa shape index (κ1) is 43.8. The molecule has 8 amide bonds. The van der Waals surface area contributed by atoms with Crippen molar-refractivity contribution in [3.63, 3.8) is 0 Å². The third-order valence-corrected chi connectivity index (χ3v) is 9.18. The molecular weight excluding hydrogens is 680 g/mol. The second-order valence-electron chi connectivity index (χ2n) is 13.8. The number of carbonyl (C=O) groups is 8. The minimum absolute atomic E-state index is 0.126. The Morgan fingerprint density at radius 1 is 0.769 bits per heavy atom. The van der Waals surface area contributed by atoms with Crippen LogP contribution in [-0.2, 0) is 38.4 Å². The van der Waals surface area contributed by atoms with Crippen molar-refractivity contribution < 1.29 is 43.5 Å². The number of aliphatic hydroxyl groups excluding tert-OH is 1. The molecule has 2 heterocycles. The Morgan fingerprint density at radius 3 is 2.00 bits per heavy atom. The molecule has 0 aliphatic carbocycles. The number of nitrogens with one attached hydrogen (secondary N) is 6. The Balaban J connectivity index is 2.23. The molecule has 0 aromatic rings. The highest BCUT2D eigenvalue weighted by atomic mass is 16.3. The van der Waals surface area contributed by atoms with Crippen molar-refractivity contribution >= 4 is 47.3 Å². The molecule has 2 fully saturated rings. The predicted octanol–water partition coefficient (Wildman–Crippen LogP) is -3.91. The van der Waals surface area contributed by atoms with E-state index in [9.17, 15) is 43.5 Å². The van der Waals surface area contributed by atoms with E-state index >= 15 is 0 Å². The van der Waals surface area contributed by atoms with Gasteiger partial charge in [0, 0.05) is 13.0 Å². The number of nitrogens with zero attached hydrogens (tertiary/aromatic N) is 1. The minimum atomic E-state index is -1.50. The summed E-state index contributed by atoms with van der Waals surface area (Å²) in [7, 11) is 0. The van der Waals surface area contributed by atoms with Crippen LogP contribution in [0.5, 0.6) is 0 Å². The summed E-state index contributed by atoms with van der Waals surface area (Å²) in [5, 5.41) is 26.5. The molecule has 19 nitrogen and oxygen atoms in total. The molecule has 2 saturated heterocycles. The van der Waals surface area contributed by atoms with E-state index in [1.807, 2.05) is 0 Å². The number of rotatable bonds is 21. The molecule has 19 heteroatoms. The van der Waals surface area contributed by atoms with Crippen molar-refractivity contribution in [1.82, 2.24) is 36.8 Å². The van der Waals surface area contributed by atoms with Crippen LogP contribution in [-0.4, -0.2) is 125 Å². The molecule has 2 rings (SSSR count). The normalized spacial score (nSPS) is 20.5. The number of likely N-dealkylation sites (tertiary alicyclic amines) is 1. The molecule has 294 valence electrons. The number of primary amides is 2. The number of hydrogen-bond donors (Lipinski definition) is 10. The van der Waals surface area contributed by atoms with Crippen molar-refractivity contribution in [3.05, 3.63) is 0 Å². The minimum Gasteiger partial charge on any atom is -0.391 e. The summed E-state index contributed by atoms with van der Waals surface area (Å²) < 4.78 is 0. The fraction of sp³-hybridized carbons (Fsp3) is 0.758. The number of hydrogen-bond acceptors (Lipinski definition) is 11. The lowest BCUT2D eigenvalue weighted by Crippen LogP contribution is -2.62. The summed E-state index contributed by atoms with van der Waals surface area (Å²) in [5.74, 6) is -5.86. The number of nitrogens with two attached hydrogens (primary N) is 3. The molecule has 2 aliphatic heterocycles. The number of amides is 8. The summed E-state index contributed by atoms with van der Waals surface area (Å²) in [6, 6.07) is -7.51. The van der Waals surface area contributed by atoms with E-state index < -0.39 is 89.7 Å². The first-order valence-electron chi connectivity index (χ1n) is 18.0. The van der Waals surface area contributed by atoms with Gasteiger partial charge in [0.25, 0.3) is 0 Å². The average molecular weight is 739 g/mol. The molecular formula is C33H58N10O9. The summed E-state index contributed by atoms with van der Waals surface area (Å²) in [6.45, 7) is 7.27. The Labute approximate surface area is 304 Å². The highest BCUT2D eigenvalue weighted by Crippen LogP contribution is 2.21. The first-order valence-corrected chi connectivity index (χ1v) is 18.0. The maximum absolute atomic E-state index is 14.0. The van der Waals surface area contributed by atoms with E-state index in [-0.39, 0.29) is 44.1 Å². The van der Waals surface area contributed by atoms with Crippen LogP contribution in [0, 0.1) is 5.92 Å². The van der Waals surface area contributed by atoms with Crippen molar-refractivity contribution in [2.75, 3.05) is 19.6 Å². The van der Waals surface area contributed by atoms with Crippen LogP contribution in [0.1, 0.15) is 85.5 Å². The molecule has 52 heavy (non-hydrogen) atoms. The average Bonchev–Trinajstić information content (AvgIpc) is 3.80. The summed E-state index contributed by atoms with van der Waals surface area (Å²) in [5.41, 5.74) is 16.2. The van der Waals surface area contributed by atoms with Crippen LogP contribution in [0.25, 0.3) is 0 Å². The third-order valence-electron chi connectivity index (χ3n) is 9.18. The highest BCUT2D eigenvalue weighted by Gasteiger charge is 2.40. The van der Waals surface area contributed by atoms with Gasteiger partial charge in [-0.05, 0) is 84.2 Å². The second-order valence-corrected chi connectivity index (χ2v) is 13.8. The summed E-state index contributed by atoms with van der Waals surface area (Å²) >= 11 is 0. The van der Waals surface area contributed by atoms with E-state index in [4.69, 9.17) is 17.2 Å². The van der Waals surface area contributed by atoms with Crippen molar-refractivity contribution in [1.29, 1.82) is 0 Å². The van der Waals surface area contributed by atoms with Gasteiger partial charge in [0.1, 0.15) is 36.3 Å². The third kappa shape index (κ3) is 13.3. The predicted molar refractivity (Wildman–Crippen MR) is 188 cm³/mol. The molecule has 8 unspecified atom stereocenters. The van der Waals surface area contributed by atoms with Gasteiger partial charge in [-0.3, -0.25) is 38.4 Å². The maximum atomic E-state index is 14.0. The van der Waals surface area contributed by atoms with Crippen LogP contribution in [0.3, 0.4) is 0 Å². The smallest absolute Gasteiger partial charge is 0.245 e. The molecule has 0 aromatic heterocycles. The standard InChI is InChI=1S/C33H58N10O9/c1-17(2)25(41-28(47)20-10-7-15-37-20)31(50)42-26(19(4)44)32(51)40-22(9-5-6-14-34)33(52)43-16-8-11-23(43)30(49)39-21(12-13-24(35)45)29(48)38-18(3)27(36)46/h17-23,25-26,37,44H,5-16,34H2,1-4H3,(H2,35,45)(H2,36,46)(H,38,48)(H,39,49)(H,40,51)(H,41,47)(H,42,50). The van der Waals surface area contributed by atoms with Gasteiger partial charge >= 0.3 is 0 Å². The van der Waals surface area contributed by atoms with Crippen molar-refractivity contribution in [3.8, 4) is 0 Å². The van der Waals surface area contributed by atoms with Crippen LogP contribution >= 0.6 is 0 Å². The van der Waals surface area contributed by atoms with E-state index in [0.29, 0.717) is 38.8 Å². The fourth-order valence-corrected chi connectivity index (χ4v) is 6.07. The maximum Gasteiger partial charge on any atom is 0.245 e. The molecule has 0 bridgehead atoms. The Hall–Kier alpha value is -4.36. The molecule has 2 aliphatic rings. The Kier molecular flexibility index (Phi) is 17.9. The van der Waals surface area contributed by atoms with E-state index in [2.05, 4.69) is 31.9 Å². The monoisotopic (exact) mass is 738 g/mol. The fourth-order valence-electron chi connectivity index (χ4n) is 6.07. The van der Waals surface area contributed by atoms with Crippen molar-refractivity contribution in [2.45, 2.75) is 134 Å². The lowest BCUT2D eigenvalue weighted by atomic mass is 10.0. The van der Waals surface area contributed by atoms with Gasteiger partial charge in [-0.25, -0.2) is 0 Å². The Bertz CT molecular complexity index is 1290. The van der Waals surface area contributed by atoms with Gasteiger partial charge in [0.15, 0.2) is 0 Å². The van der Waals surface area contributed by atoms with Crippen LogP contribution in [0.2, 0.25) is 0 Å². The molecule has 0 aromatic carbocycles. The second kappa shape index (κ2) is 21.2. The van der Waals surface area contributed by atoms with Gasteiger partial charge in [0.05, 0.1) is 12.1 Å². The van der Waals surface area contributed by atoms with Crippen LogP contribution < -0.4 is 49.1 Å². The largest absolute Gasteiger partial charge is 0.391 e. The van der Waals surface area contributed by atoms with Gasteiger partial charge < -0.3 is 59.1 Å². The molecule has 0 spiro atoms. The lowest BCUT2D eigenvalue weighted by Gasteiger charge is -2.31. The Morgan fingerprint density at radius 2 is 1.44 bits per heavy atom. The molecule has 0 saturated carbocycles. The van der Waals surface area contributed by atoms with Crippen molar-refractivity contribution in [2.24, 2.45) is 23.1 Å². The zero-order valence-electron chi connectivity index (χ0n) is 30.6. The first-order chi connectivity index (χ1) is 24.5. The summed E-state index contributed by atoms with van der Waals surface area (Å²) in [6.07, 6.45) is 1.34. The zero-order valence-corrected chi connectivity index (χ0v) is 30.6. The lowest BCUT2D eigenvalue weighted by molar-refractivity contribution is -0.143. The van der Waals surface area contributed by atoms with E-state index in [0.717, 1.165) is 6.42 Å². The van der Waals surface area contributed by atoms with Gasteiger partial charge in [-0.15, -0.1) is 0 Å². The quantitative estimate of drug-likeness (QED) is 0.0508. The topological polar surface area (TPSA) is 310 Å². The molecule has 8 atom stereocenters. The number of unbranched alkanes of at least 4 members (excludes halogenated alkanes) is 1. The number of aliphatic hydroxyl groups is 1. The molecule has 0 radical (unpaired) electrons. The highest BCUT2D eigenvalue weighted by molar-refractivity contribution is 5.97.